The summed E-state index contributed by atoms with van der Waals surface area (Å²) in [7, 11) is 0. The van der Waals surface area contributed by atoms with Gasteiger partial charge in [0.25, 0.3) is 0 Å². The van der Waals surface area contributed by atoms with Crippen molar-refractivity contribution >= 4 is 40.1 Å². The number of amides is 2. The quantitative estimate of drug-likeness (QED) is 0.859. The Morgan fingerprint density at radius 2 is 2.16 bits per heavy atom. The summed E-state index contributed by atoms with van der Waals surface area (Å²) in [5.74, 6) is 0.0347. The highest BCUT2D eigenvalue weighted by Gasteiger charge is 2.28. The van der Waals surface area contributed by atoms with E-state index in [1.807, 2.05) is 37.3 Å². The van der Waals surface area contributed by atoms with Crippen LogP contribution in [0.5, 0.6) is 0 Å². The van der Waals surface area contributed by atoms with Crippen molar-refractivity contribution in [1.29, 1.82) is 0 Å². The van der Waals surface area contributed by atoms with Crippen LogP contribution in [0, 0.1) is 0 Å². The molecule has 0 aromatic heterocycles. The van der Waals surface area contributed by atoms with Gasteiger partial charge in [0.05, 0.1) is 11.8 Å². The van der Waals surface area contributed by atoms with E-state index in [9.17, 15) is 9.59 Å². The molecule has 0 bridgehead atoms. The van der Waals surface area contributed by atoms with E-state index in [2.05, 4.69) is 5.32 Å². The summed E-state index contributed by atoms with van der Waals surface area (Å²) in [6, 6.07) is 9.59. The van der Waals surface area contributed by atoms with E-state index >= 15 is 0 Å². The fraction of sp³-hybridized carbons (Fsp3) is 0.308. The van der Waals surface area contributed by atoms with Gasteiger partial charge in [-0.25, -0.2) is 0 Å². The third-order valence-corrected chi connectivity index (χ3v) is 4.25. The first-order valence-corrected chi connectivity index (χ1v) is 7.28. The van der Waals surface area contributed by atoms with Crippen molar-refractivity contribution in [1.82, 2.24) is 10.2 Å². The summed E-state index contributed by atoms with van der Waals surface area (Å²) in [6.45, 7) is 1.91. The molecular formula is C13H14N2O2S2. The molecule has 1 fully saturated rings. The lowest BCUT2D eigenvalue weighted by Crippen LogP contribution is -2.40. The van der Waals surface area contributed by atoms with E-state index in [4.69, 9.17) is 12.2 Å². The molecular weight excluding hydrogens is 280 g/mol. The van der Waals surface area contributed by atoms with Gasteiger partial charge in [-0.05, 0) is 12.5 Å². The molecule has 1 heterocycles. The van der Waals surface area contributed by atoms with Crippen molar-refractivity contribution in [2.75, 3.05) is 12.3 Å². The maximum Gasteiger partial charge on any atom is 0.240 e. The molecule has 19 heavy (non-hydrogen) atoms. The number of rotatable bonds is 4. The first kappa shape index (κ1) is 14.0. The van der Waals surface area contributed by atoms with E-state index in [-0.39, 0.29) is 24.4 Å². The van der Waals surface area contributed by atoms with Crippen LogP contribution in [-0.2, 0) is 9.59 Å². The van der Waals surface area contributed by atoms with Gasteiger partial charge in [-0.1, -0.05) is 54.3 Å². The minimum Gasteiger partial charge on any atom is -0.348 e. The largest absolute Gasteiger partial charge is 0.348 e. The molecule has 1 aromatic rings. The Morgan fingerprint density at radius 3 is 2.74 bits per heavy atom. The van der Waals surface area contributed by atoms with Crippen LogP contribution < -0.4 is 5.32 Å². The SMILES string of the molecule is CC(NC(=O)CN1C(=O)CSC1=S)c1ccccc1. The van der Waals surface area contributed by atoms with Crippen molar-refractivity contribution in [2.45, 2.75) is 13.0 Å². The van der Waals surface area contributed by atoms with Crippen LogP contribution in [-0.4, -0.2) is 33.3 Å². The monoisotopic (exact) mass is 294 g/mol. The highest BCUT2D eigenvalue weighted by atomic mass is 32.2. The van der Waals surface area contributed by atoms with Gasteiger partial charge in [-0.3, -0.25) is 14.5 Å². The van der Waals surface area contributed by atoms with Gasteiger partial charge in [0.15, 0.2) is 0 Å². The zero-order valence-corrected chi connectivity index (χ0v) is 12.1. The Balaban J connectivity index is 1.91. The number of carbonyl (C=O) groups excluding carboxylic acids is 2. The van der Waals surface area contributed by atoms with Crippen molar-refractivity contribution in [3.63, 3.8) is 0 Å². The smallest absolute Gasteiger partial charge is 0.240 e. The average Bonchev–Trinajstić information content (AvgIpc) is 2.71. The predicted octanol–water partition coefficient (Wildman–Crippen LogP) is 1.72. The molecule has 2 rings (SSSR count). The van der Waals surface area contributed by atoms with E-state index < -0.39 is 0 Å². The number of carbonyl (C=O) groups is 2. The second-order valence-electron chi connectivity index (χ2n) is 4.23. The molecule has 1 aliphatic rings. The second-order valence-corrected chi connectivity index (χ2v) is 5.84. The Morgan fingerprint density at radius 1 is 1.47 bits per heavy atom. The molecule has 100 valence electrons. The van der Waals surface area contributed by atoms with Crippen molar-refractivity contribution < 1.29 is 9.59 Å². The van der Waals surface area contributed by atoms with Gasteiger partial charge < -0.3 is 5.32 Å². The van der Waals surface area contributed by atoms with Gasteiger partial charge >= 0.3 is 0 Å². The molecule has 1 aliphatic heterocycles. The summed E-state index contributed by atoms with van der Waals surface area (Å²) in [6.07, 6.45) is 0. The first-order chi connectivity index (χ1) is 9.08. The molecule has 4 nitrogen and oxygen atoms in total. The van der Waals surface area contributed by atoms with Crippen LogP contribution in [0.2, 0.25) is 0 Å². The molecule has 2 amide bonds. The van der Waals surface area contributed by atoms with E-state index in [0.29, 0.717) is 10.1 Å². The number of benzene rings is 1. The number of nitrogens with one attached hydrogen (secondary N) is 1. The normalized spacial score (nSPS) is 16.6. The lowest BCUT2D eigenvalue weighted by Gasteiger charge is -2.18. The summed E-state index contributed by atoms with van der Waals surface area (Å²) >= 11 is 6.33. The number of thioether (sulfide) groups is 1. The Bertz CT molecular complexity index is 489. The Hall–Kier alpha value is -1.40. The maximum absolute atomic E-state index is 11.9. The standard InChI is InChI=1S/C13H14N2O2S2/c1-9(10-5-3-2-4-6-10)14-11(16)7-15-12(17)8-19-13(15)18/h2-6,9H,7-8H2,1H3,(H,14,16). The van der Waals surface area contributed by atoms with Gasteiger partial charge in [0.2, 0.25) is 11.8 Å². The average molecular weight is 294 g/mol. The zero-order valence-electron chi connectivity index (χ0n) is 10.5. The maximum atomic E-state index is 11.9. The highest BCUT2D eigenvalue weighted by molar-refractivity contribution is 8.23. The molecule has 0 saturated carbocycles. The molecule has 1 aromatic carbocycles. The van der Waals surface area contributed by atoms with Crippen molar-refractivity contribution in [3.8, 4) is 0 Å². The first-order valence-electron chi connectivity index (χ1n) is 5.89. The van der Waals surface area contributed by atoms with E-state index in [1.54, 1.807) is 0 Å². The summed E-state index contributed by atoms with van der Waals surface area (Å²) in [4.78, 5) is 24.8. The lowest BCUT2D eigenvalue weighted by atomic mass is 10.1. The number of thiocarbonyl (C=S) groups is 1. The molecule has 0 spiro atoms. The fourth-order valence-electron chi connectivity index (χ4n) is 1.79. The summed E-state index contributed by atoms with van der Waals surface area (Å²) in [5.41, 5.74) is 1.03. The van der Waals surface area contributed by atoms with E-state index in [1.165, 1.54) is 16.7 Å². The fourth-order valence-corrected chi connectivity index (χ4v) is 2.86. The van der Waals surface area contributed by atoms with E-state index in [0.717, 1.165) is 5.56 Å². The predicted molar refractivity (Wildman–Crippen MR) is 79.8 cm³/mol. The molecule has 1 unspecified atom stereocenters. The van der Waals surface area contributed by atoms with Gasteiger partial charge in [0, 0.05) is 0 Å². The topological polar surface area (TPSA) is 49.4 Å². The van der Waals surface area contributed by atoms with Crippen LogP contribution in [0.25, 0.3) is 0 Å². The highest BCUT2D eigenvalue weighted by Crippen LogP contribution is 2.19. The number of hydrogen-bond donors (Lipinski definition) is 1. The van der Waals surface area contributed by atoms with Gasteiger partial charge in [0.1, 0.15) is 10.9 Å². The minimum absolute atomic E-state index is 0.00183. The van der Waals surface area contributed by atoms with Crippen LogP contribution >= 0.6 is 24.0 Å². The molecule has 1 saturated heterocycles. The molecule has 6 heteroatoms. The zero-order chi connectivity index (χ0) is 13.8. The van der Waals surface area contributed by atoms with Crippen LogP contribution in [0.3, 0.4) is 0 Å². The Labute approximate surface area is 121 Å². The Kier molecular flexibility index (Phi) is 4.55. The molecule has 1 atom stereocenters. The molecule has 0 radical (unpaired) electrons. The lowest BCUT2D eigenvalue weighted by molar-refractivity contribution is -0.130. The number of hydrogen-bond acceptors (Lipinski definition) is 4. The third kappa shape index (κ3) is 3.54. The van der Waals surface area contributed by atoms with Crippen LogP contribution in [0.4, 0.5) is 0 Å². The summed E-state index contributed by atoms with van der Waals surface area (Å²) < 4.78 is 0.479. The third-order valence-electron chi connectivity index (χ3n) is 2.82. The second kappa shape index (κ2) is 6.16. The summed E-state index contributed by atoms with van der Waals surface area (Å²) in [5, 5.41) is 2.86. The van der Waals surface area contributed by atoms with Gasteiger partial charge in [-0.15, -0.1) is 0 Å². The van der Waals surface area contributed by atoms with Crippen LogP contribution in [0.1, 0.15) is 18.5 Å². The molecule has 0 aliphatic carbocycles. The van der Waals surface area contributed by atoms with Crippen molar-refractivity contribution in [3.05, 3.63) is 35.9 Å². The number of nitrogens with zero attached hydrogens (tertiary/aromatic N) is 1. The van der Waals surface area contributed by atoms with Crippen molar-refractivity contribution in [2.24, 2.45) is 0 Å². The van der Waals surface area contributed by atoms with Gasteiger partial charge in [-0.2, -0.15) is 0 Å². The molecule has 1 N–H and O–H groups in total. The minimum atomic E-state index is -0.199. The van der Waals surface area contributed by atoms with Crippen LogP contribution in [0.15, 0.2) is 30.3 Å².